The molecule has 0 saturated carbocycles. The fraction of sp³-hybridized carbons (Fsp3) is 0.267. The van der Waals surface area contributed by atoms with Crippen LogP contribution >= 0.6 is 12.4 Å². The highest BCUT2D eigenvalue weighted by atomic mass is 35.5. The Kier molecular flexibility index (Phi) is 6.17. The molecule has 0 atom stereocenters. The van der Waals surface area contributed by atoms with Crippen molar-refractivity contribution in [3.63, 3.8) is 0 Å². The summed E-state index contributed by atoms with van der Waals surface area (Å²) < 4.78 is 24.4. The Balaban J connectivity index is 0.00000200. The van der Waals surface area contributed by atoms with Gasteiger partial charge in [-0.25, -0.2) is 8.42 Å². The summed E-state index contributed by atoms with van der Waals surface area (Å²) in [6, 6.07) is 10.8. The maximum absolute atomic E-state index is 12.2. The predicted molar refractivity (Wildman–Crippen MR) is 83.1 cm³/mol. The molecule has 1 aromatic carbocycles. The SMILES string of the molecule is CCc1ccc(S(=O)(=O)CCc2ccncc2)cc1.Cl. The summed E-state index contributed by atoms with van der Waals surface area (Å²) in [5.41, 5.74) is 2.14. The quantitative estimate of drug-likeness (QED) is 0.852. The molecular formula is C15H18ClNO2S. The standard InChI is InChI=1S/C15H17NO2S.ClH/c1-2-13-3-5-15(6-4-13)19(17,18)12-9-14-7-10-16-11-8-14;/h3-8,10-11H,2,9,12H2,1H3;1H. The summed E-state index contributed by atoms with van der Waals surface area (Å²) in [5, 5.41) is 0. The molecule has 108 valence electrons. The Hall–Kier alpha value is -1.39. The van der Waals surface area contributed by atoms with Gasteiger partial charge in [-0.15, -0.1) is 12.4 Å². The average Bonchev–Trinajstić information content (AvgIpc) is 2.46. The Morgan fingerprint density at radius 3 is 2.10 bits per heavy atom. The molecule has 0 fully saturated rings. The van der Waals surface area contributed by atoms with Crippen LogP contribution in [0.5, 0.6) is 0 Å². The van der Waals surface area contributed by atoms with Gasteiger partial charge in [0, 0.05) is 12.4 Å². The number of rotatable bonds is 5. The van der Waals surface area contributed by atoms with E-state index < -0.39 is 9.84 Å². The Labute approximate surface area is 126 Å². The molecule has 1 aromatic heterocycles. The van der Waals surface area contributed by atoms with Crippen molar-refractivity contribution in [3.8, 4) is 0 Å². The third kappa shape index (κ3) is 4.32. The van der Waals surface area contributed by atoms with Gasteiger partial charge in [0.15, 0.2) is 9.84 Å². The summed E-state index contributed by atoms with van der Waals surface area (Å²) in [5.74, 6) is 0.127. The number of halogens is 1. The van der Waals surface area contributed by atoms with Crippen LogP contribution in [0.1, 0.15) is 18.1 Å². The Morgan fingerprint density at radius 2 is 1.55 bits per heavy atom. The molecule has 1 heterocycles. The molecule has 0 N–H and O–H groups in total. The molecule has 0 aliphatic rings. The molecule has 0 radical (unpaired) electrons. The molecule has 0 amide bonds. The van der Waals surface area contributed by atoms with Gasteiger partial charge in [-0.1, -0.05) is 19.1 Å². The van der Waals surface area contributed by atoms with Crippen molar-refractivity contribution in [1.29, 1.82) is 0 Å². The van der Waals surface area contributed by atoms with E-state index in [1.54, 1.807) is 24.5 Å². The number of sulfone groups is 1. The first kappa shape index (κ1) is 16.7. The third-order valence-corrected chi connectivity index (χ3v) is 4.83. The lowest BCUT2D eigenvalue weighted by atomic mass is 10.2. The summed E-state index contributed by atoms with van der Waals surface area (Å²) in [6.07, 6.45) is 4.79. The van der Waals surface area contributed by atoms with Crippen molar-refractivity contribution in [2.75, 3.05) is 5.75 Å². The number of benzene rings is 1. The van der Waals surface area contributed by atoms with Crippen LogP contribution in [0, 0.1) is 0 Å². The van der Waals surface area contributed by atoms with E-state index in [4.69, 9.17) is 0 Å². The minimum absolute atomic E-state index is 0. The van der Waals surface area contributed by atoms with E-state index >= 15 is 0 Å². The second-order valence-electron chi connectivity index (χ2n) is 4.42. The van der Waals surface area contributed by atoms with Crippen molar-refractivity contribution >= 4 is 22.2 Å². The molecule has 0 aliphatic carbocycles. The zero-order chi connectivity index (χ0) is 13.7. The molecule has 20 heavy (non-hydrogen) atoms. The smallest absolute Gasteiger partial charge is 0.178 e. The van der Waals surface area contributed by atoms with Gasteiger partial charge >= 0.3 is 0 Å². The fourth-order valence-corrected chi connectivity index (χ4v) is 3.14. The van der Waals surface area contributed by atoms with Gasteiger partial charge in [-0.3, -0.25) is 4.98 Å². The van der Waals surface area contributed by atoms with Crippen molar-refractivity contribution in [1.82, 2.24) is 4.98 Å². The van der Waals surface area contributed by atoms with Crippen LogP contribution in [-0.2, 0) is 22.7 Å². The normalized spacial score (nSPS) is 10.8. The molecule has 5 heteroatoms. The maximum Gasteiger partial charge on any atom is 0.178 e. The molecule has 0 bridgehead atoms. The number of hydrogen-bond donors (Lipinski definition) is 0. The summed E-state index contributed by atoms with van der Waals surface area (Å²) in [7, 11) is -3.20. The van der Waals surface area contributed by atoms with E-state index in [9.17, 15) is 8.42 Å². The van der Waals surface area contributed by atoms with E-state index in [-0.39, 0.29) is 18.2 Å². The van der Waals surface area contributed by atoms with Gasteiger partial charge < -0.3 is 0 Å². The second-order valence-corrected chi connectivity index (χ2v) is 6.53. The largest absolute Gasteiger partial charge is 0.265 e. The van der Waals surface area contributed by atoms with Gasteiger partial charge in [0.05, 0.1) is 10.6 Å². The van der Waals surface area contributed by atoms with Crippen LogP contribution in [0.15, 0.2) is 53.7 Å². The molecule has 0 aliphatic heterocycles. The van der Waals surface area contributed by atoms with E-state index in [0.29, 0.717) is 11.3 Å². The number of hydrogen-bond acceptors (Lipinski definition) is 3. The van der Waals surface area contributed by atoms with Crippen LogP contribution in [-0.4, -0.2) is 19.2 Å². The topological polar surface area (TPSA) is 47.0 Å². The molecule has 2 rings (SSSR count). The monoisotopic (exact) mass is 311 g/mol. The molecule has 0 unspecified atom stereocenters. The minimum Gasteiger partial charge on any atom is -0.265 e. The first-order chi connectivity index (χ1) is 9.12. The molecule has 3 nitrogen and oxygen atoms in total. The summed E-state index contributed by atoms with van der Waals surface area (Å²) >= 11 is 0. The summed E-state index contributed by atoms with van der Waals surface area (Å²) in [4.78, 5) is 4.32. The van der Waals surface area contributed by atoms with E-state index in [2.05, 4.69) is 4.98 Å². The number of aryl methyl sites for hydroxylation is 2. The Morgan fingerprint density at radius 1 is 0.950 bits per heavy atom. The van der Waals surface area contributed by atoms with Gasteiger partial charge in [0.2, 0.25) is 0 Å². The average molecular weight is 312 g/mol. The van der Waals surface area contributed by atoms with Crippen molar-refractivity contribution in [2.45, 2.75) is 24.7 Å². The lowest BCUT2D eigenvalue weighted by Crippen LogP contribution is -2.09. The first-order valence-electron chi connectivity index (χ1n) is 6.32. The van der Waals surface area contributed by atoms with Gasteiger partial charge in [-0.2, -0.15) is 0 Å². The van der Waals surface area contributed by atoms with Gasteiger partial charge in [-0.05, 0) is 48.2 Å². The molecule has 0 saturated heterocycles. The van der Waals surface area contributed by atoms with Gasteiger partial charge in [0.1, 0.15) is 0 Å². The van der Waals surface area contributed by atoms with Crippen LogP contribution in [0.3, 0.4) is 0 Å². The maximum atomic E-state index is 12.2. The highest BCUT2D eigenvalue weighted by Gasteiger charge is 2.14. The van der Waals surface area contributed by atoms with E-state index in [1.807, 2.05) is 31.2 Å². The first-order valence-corrected chi connectivity index (χ1v) is 7.97. The zero-order valence-corrected chi connectivity index (χ0v) is 13.0. The van der Waals surface area contributed by atoms with Crippen molar-refractivity contribution in [2.24, 2.45) is 0 Å². The molecular weight excluding hydrogens is 294 g/mol. The third-order valence-electron chi connectivity index (χ3n) is 3.10. The summed E-state index contributed by atoms with van der Waals surface area (Å²) in [6.45, 7) is 2.05. The van der Waals surface area contributed by atoms with Crippen LogP contribution in [0.2, 0.25) is 0 Å². The molecule has 2 aromatic rings. The number of nitrogens with zero attached hydrogens (tertiary/aromatic N) is 1. The molecule has 0 spiro atoms. The number of aromatic nitrogens is 1. The van der Waals surface area contributed by atoms with Crippen molar-refractivity contribution < 1.29 is 8.42 Å². The number of pyridine rings is 1. The van der Waals surface area contributed by atoms with Crippen molar-refractivity contribution in [3.05, 3.63) is 59.9 Å². The highest BCUT2D eigenvalue weighted by molar-refractivity contribution is 7.91. The van der Waals surface area contributed by atoms with E-state index in [1.165, 1.54) is 0 Å². The highest BCUT2D eigenvalue weighted by Crippen LogP contribution is 2.14. The lowest BCUT2D eigenvalue weighted by Gasteiger charge is -2.05. The van der Waals surface area contributed by atoms with Crippen LogP contribution in [0.25, 0.3) is 0 Å². The van der Waals surface area contributed by atoms with Gasteiger partial charge in [0.25, 0.3) is 0 Å². The minimum atomic E-state index is -3.20. The van der Waals surface area contributed by atoms with E-state index in [0.717, 1.165) is 17.5 Å². The predicted octanol–water partition coefficient (Wildman–Crippen LogP) is 3.08. The van der Waals surface area contributed by atoms with Crippen LogP contribution < -0.4 is 0 Å². The zero-order valence-electron chi connectivity index (χ0n) is 11.3. The Bertz CT molecular complexity index is 625. The van der Waals surface area contributed by atoms with Crippen LogP contribution in [0.4, 0.5) is 0 Å². The second kappa shape index (κ2) is 7.41. The lowest BCUT2D eigenvalue weighted by molar-refractivity contribution is 0.595. The fourth-order valence-electron chi connectivity index (χ4n) is 1.85.